The Balaban J connectivity index is 1.97. The Hall–Kier alpha value is -2.10. The highest BCUT2D eigenvalue weighted by atomic mass is 35.5. The minimum Gasteiger partial charge on any atom is -0.490 e. The van der Waals surface area contributed by atoms with Crippen molar-refractivity contribution in [2.45, 2.75) is 31.3 Å². The van der Waals surface area contributed by atoms with Crippen molar-refractivity contribution in [2.75, 3.05) is 13.2 Å². The molecule has 0 spiro atoms. The Morgan fingerprint density at radius 3 is 2.68 bits per heavy atom. The van der Waals surface area contributed by atoms with E-state index in [-0.39, 0.29) is 23.0 Å². The van der Waals surface area contributed by atoms with Crippen molar-refractivity contribution in [1.29, 1.82) is 5.26 Å². The molecule has 28 heavy (non-hydrogen) atoms. The average Bonchev–Trinajstić information content (AvgIpc) is 3.38. The van der Waals surface area contributed by atoms with Crippen LogP contribution in [0.15, 0.2) is 12.3 Å². The molecular formula is C15H16ClF3N4O4S. The van der Waals surface area contributed by atoms with Gasteiger partial charge in [-0.1, -0.05) is 11.6 Å². The van der Waals surface area contributed by atoms with Gasteiger partial charge >= 0.3 is 15.5 Å². The average molecular weight is 441 g/mol. The smallest absolute Gasteiger partial charge is 0.490 e. The lowest BCUT2D eigenvalue weighted by molar-refractivity contribution is -0.0451. The number of carbonyl (C=O) groups excluding carboxylic acids is 1. The molecule has 1 aliphatic carbocycles. The number of nitrogens with zero attached hydrogens (tertiary/aromatic N) is 2. The van der Waals surface area contributed by atoms with Crippen molar-refractivity contribution in [1.82, 2.24) is 15.0 Å². The van der Waals surface area contributed by atoms with Gasteiger partial charge in [-0.05, 0) is 25.8 Å². The first kappa shape index (κ1) is 22.2. The Labute approximate surface area is 164 Å². The molecule has 8 nitrogen and oxygen atoms in total. The summed E-state index contributed by atoms with van der Waals surface area (Å²) in [7, 11) is -5.50. The van der Waals surface area contributed by atoms with Crippen LogP contribution in [0.3, 0.4) is 0 Å². The summed E-state index contributed by atoms with van der Waals surface area (Å²) in [5.41, 5.74) is -6.04. The first-order valence-corrected chi connectivity index (χ1v) is 9.82. The number of nitriles is 1. The molecular weight excluding hydrogens is 425 g/mol. The number of pyridine rings is 1. The fourth-order valence-electron chi connectivity index (χ4n) is 2.08. The minimum absolute atomic E-state index is 0.00836. The zero-order valence-electron chi connectivity index (χ0n) is 14.5. The van der Waals surface area contributed by atoms with Gasteiger partial charge in [0, 0.05) is 6.54 Å². The Morgan fingerprint density at radius 1 is 1.50 bits per heavy atom. The predicted molar refractivity (Wildman–Crippen MR) is 91.9 cm³/mol. The summed E-state index contributed by atoms with van der Waals surface area (Å²) >= 11 is 5.88. The van der Waals surface area contributed by atoms with Crippen molar-refractivity contribution in [3.63, 3.8) is 0 Å². The number of halogens is 4. The SMILES string of the molecule is C[C@@H](COc1cnc(Cl)c(C(=O)NCC2(C#N)CC2)c1)NS(=O)(=O)C(F)(F)F. The third kappa shape index (κ3) is 5.46. The molecule has 1 heterocycles. The van der Waals surface area contributed by atoms with E-state index >= 15 is 0 Å². The van der Waals surface area contributed by atoms with E-state index in [1.807, 2.05) is 0 Å². The largest absolute Gasteiger partial charge is 0.511 e. The molecule has 1 saturated carbocycles. The zero-order chi connectivity index (χ0) is 21.2. The van der Waals surface area contributed by atoms with Gasteiger partial charge in [0.2, 0.25) is 0 Å². The molecule has 1 aromatic heterocycles. The summed E-state index contributed by atoms with van der Waals surface area (Å²) < 4.78 is 65.8. The van der Waals surface area contributed by atoms with E-state index in [4.69, 9.17) is 21.6 Å². The number of carbonyl (C=O) groups is 1. The summed E-state index contributed by atoms with van der Waals surface area (Å²) in [5, 5.41) is 11.5. The minimum atomic E-state index is -5.50. The van der Waals surface area contributed by atoms with Gasteiger partial charge in [0.1, 0.15) is 17.5 Å². The third-order valence-electron chi connectivity index (χ3n) is 3.90. The number of rotatable bonds is 8. The van der Waals surface area contributed by atoms with E-state index in [0.29, 0.717) is 12.8 Å². The van der Waals surface area contributed by atoms with Crippen LogP contribution in [0.25, 0.3) is 0 Å². The first-order valence-electron chi connectivity index (χ1n) is 7.95. The summed E-state index contributed by atoms with van der Waals surface area (Å²) in [5.74, 6) is -0.579. The number of hydrogen-bond donors (Lipinski definition) is 2. The number of hydrogen-bond acceptors (Lipinski definition) is 6. The van der Waals surface area contributed by atoms with Gasteiger partial charge in [-0.25, -0.2) is 18.1 Å². The lowest BCUT2D eigenvalue weighted by Gasteiger charge is -2.16. The van der Waals surface area contributed by atoms with Gasteiger partial charge in [-0.15, -0.1) is 0 Å². The van der Waals surface area contributed by atoms with Crippen LogP contribution in [0.2, 0.25) is 5.15 Å². The molecule has 0 radical (unpaired) electrons. The fourth-order valence-corrected chi connectivity index (χ4v) is 3.00. The zero-order valence-corrected chi connectivity index (χ0v) is 16.1. The van der Waals surface area contributed by atoms with Crippen LogP contribution in [-0.4, -0.2) is 44.0 Å². The van der Waals surface area contributed by atoms with E-state index in [0.717, 1.165) is 6.20 Å². The molecule has 13 heteroatoms. The second kappa shape index (κ2) is 8.10. The van der Waals surface area contributed by atoms with Crippen LogP contribution in [0.1, 0.15) is 30.1 Å². The van der Waals surface area contributed by atoms with Gasteiger partial charge < -0.3 is 10.1 Å². The van der Waals surface area contributed by atoms with Crippen LogP contribution in [-0.2, 0) is 10.0 Å². The molecule has 1 aromatic rings. The molecule has 0 bridgehead atoms. The summed E-state index contributed by atoms with van der Waals surface area (Å²) in [4.78, 5) is 16.0. The summed E-state index contributed by atoms with van der Waals surface area (Å²) in [6.07, 6.45) is 2.51. The maximum atomic E-state index is 12.3. The van der Waals surface area contributed by atoms with Crippen molar-refractivity contribution in [3.05, 3.63) is 23.0 Å². The van der Waals surface area contributed by atoms with E-state index in [9.17, 15) is 26.4 Å². The number of alkyl halides is 3. The van der Waals surface area contributed by atoms with E-state index in [1.54, 1.807) is 0 Å². The molecule has 0 aromatic carbocycles. The highest BCUT2D eigenvalue weighted by Gasteiger charge is 2.46. The van der Waals surface area contributed by atoms with Gasteiger partial charge in [0.15, 0.2) is 0 Å². The number of sulfonamides is 1. The molecule has 2 N–H and O–H groups in total. The normalized spacial score (nSPS) is 16.7. The highest BCUT2D eigenvalue weighted by Crippen LogP contribution is 2.44. The molecule has 2 rings (SSSR count). The Kier molecular flexibility index (Phi) is 6.42. The highest BCUT2D eigenvalue weighted by molar-refractivity contribution is 7.90. The van der Waals surface area contributed by atoms with Crippen LogP contribution in [0.4, 0.5) is 13.2 Å². The summed E-state index contributed by atoms with van der Waals surface area (Å²) in [6.45, 7) is 0.883. The van der Waals surface area contributed by atoms with E-state index in [2.05, 4.69) is 16.4 Å². The molecule has 0 unspecified atom stereocenters. The molecule has 1 atom stereocenters. The Morgan fingerprint density at radius 2 is 2.14 bits per heavy atom. The van der Waals surface area contributed by atoms with Crippen LogP contribution < -0.4 is 14.8 Å². The Bertz CT molecular complexity index is 898. The standard InChI is InChI=1S/C15H16ClF3N4O4S/c1-9(23-28(25,26)15(17,18)19)6-27-10-4-11(12(16)21-5-10)13(24)22-8-14(7-20)2-3-14/h4-5,9,23H,2-3,6,8H2,1H3,(H,22,24)/t9-/m0/s1. The lowest BCUT2D eigenvalue weighted by atomic mass is 10.1. The van der Waals surface area contributed by atoms with Crippen LogP contribution >= 0.6 is 11.6 Å². The maximum Gasteiger partial charge on any atom is 0.511 e. The second-order valence-electron chi connectivity index (χ2n) is 6.36. The monoisotopic (exact) mass is 440 g/mol. The number of ether oxygens (including phenoxy) is 1. The van der Waals surface area contributed by atoms with Crippen molar-refractivity contribution < 1.29 is 31.1 Å². The molecule has 154 valence electrons. The summed E-state index contributed by atoms with van der Waals surface area (Å²) in [6, 6.07) is 2.14. The van der Waals surface area contributed by atoms with Crippen LogP contribution in [0.5, 0.6) is 5.75 Å². The number of aromatic nitrogens is 1. The van der Waals surface area contributed by atoms with Crippen molar-refractivity contribution in [3.8, 4) is 11.8 Å². The maximum absolute atomic E-state index is 12.3. The van der Waals surface area contributed by atoms with E-state index < -0.39 is 39.5 Å². The number of amides is 1. The molecule has 0 aliphatic heterocycles. The first-order chi connectivity index (χ1) is 12.9. The number of nitrogens with one attached hydrogen (secondary N) is 2. The molecule has 1 fully saturated rings. The van der Waals surface area contributed by atoms with E-state index in [1.165, 1.54) is 17.7 Å². The van der Waals surface area contributed by atoms with Gasteiger partial charge in [0.05, 0.1) is 29.3 Å². The molecule has 1 aliphatic rings. The third-order valence-corrected chi connectivity index (χ3v) is 5.52. The second-order valence-corrected chi connectivity index (χ2v) is 8.43. The van der Waals surface area contributed by atoms with Gasteiger partial charge in [-0.3, -0.25) is 4.79 Å². The quantitative estimate of drug-likeness (QED) is 0.596. The van der Waals surface area contributed by atoms with Crippen molar-refractivity contribution in [2.24, 2.45) is 5.41 Å². The van der Waals surface area contributed by atoms with Crippen molar-refractivity contribution >= 4 is 27.5 Å². The topological polar surface area (TPSA) is 121 Å². The molecule has 0 saturated heterocycles. The molecule has 1 amide bonds. The van der Waals surface area contributed by atoms with Gasteiger partial charge in [-0.2, -0.15) is 18.4 Å². The fraction of sp³-hybridized carbons (Fsp3) is 0.533. The van der Waals surface area contributed by atoms with Crippen LogP contribution in [0, 0.1) is 16.7 Å². The van der Waals surface area contributed by atoms with Gasteiger partial charge in [0.25, 0.3) is 5.91 Å². The lowest BCUT2D eigenvalue weighted by Crippen LogP contribution is -2.43. The predicted octanol–water partition coefficient (Wildman–Crippen LogP) is 1.98.